The Kier molecular flexibility index (Phi) is 11.1. The van der Waals surface area contributed by atoms with Crippen LogP contribution in [0, 0.1) is 5.92 Å². The SMILES string of the molecule is CC(C)CN(C[C@H](O)COc1cccc2[nH]c3ccccc3c12)c1ccc(Oc2ccc(C(N)=O)cn2)cc1.O=C(O)CC(=O)O. The molecule has 5 aromatic rings. The first-order valence-corrected chi connectivity index (χ1v) is 14.5. The van der Waals surface area contributed by atoms with Gasteiger partial charge in [-0.2, -0.15) is 0 Å². The number of carbonyl (C=O) groups is 3. The monoisotopic (exact) mass is 628 g/mol. The number of para-hydroxylation sites is 1. The van der Waals surface area contributed by atoms with Gasteiger partial charge in [0.15, 0.2) is 0 Å². The number of aliphatic hydroxyl groups is 1. The van der Waals surface area contributed by atoms with Gasteiger partial charge in [0.2, 0.25) is 11.8 Å². The second kappa shape index (κ2) is 15.4. The van der Waals surface area contributed by atoms with Crippen LogP contribution in [0.15, 0.2) is 85.1 Å². The third kappa shape index (κ3) is 9.19. The molecule has 12 heteroatoms. The van der Waals surface area contributed by atoms with Gasteiger partial charge in [-0.05, 0) is 54.4 Å². The maximum absolute atomic E-state index is 11.2. The van der Waals surface area contributed by atoms with Crippen LogP contribution in [0.1, 0.15) is 30.6 Å². The second-order valence-corrected chi connectivity index (χ2v) is 10.9. The van der Waals surface area contributed by atoms with Gasteiger partial charge >= 0.3 is 11.9 Å². The molecule has 2 heterocycles. The van der Waals surface area contributed by atoms with Crippen LogP contribution in [0.5, 0.6) is 17.4 Å². The zero-order valence-electron chi connectivity index (χ0n) is 25.4. The number of pyridine rings is 1. The van der Waals surface area contributed by atoms with E-state index in [0.717, 1.165) is 39.8 Å². The number of aliphatic hydroxyl groups excluding tert-OH is 1. The average molecular weight is 629 g/mol. The maximum atomic E-state index is 11.2. The summed E-state index contributed by atoms with van der Waals surface area (Å²) in [4.78, 5) is 39.8. The van der Waals surface area contributed by atoms with Gasteiger partial charge in [0, 0.05) is 47.3 Å². The summed E-state index contributed by atoms with van der Waals surface area (Å²) in [7, 11) is 0. The minimum atomic E-state index is -1.31. The summed E-state index contributed by atoms with van der Waals surface area (Å²) in [5, 5.41) is 28.5. The highest BCUT2D eigenvalue weighted by atomic mass is 16.5. The van der Waals surface area contributed by atoms with Crippen molar-refractivity contribution in [2.24, 2.45) is 11.7 Å². The number of amides is 1. The van der Waals surface area contributed by atoms with Crippen LogP contribution >= 0.6 is 0 Å². The lowest BCUT2D eigenvalue weighted by Gasteiger charge is -2.29. The number of primary amides is 1. The van der Waals surface area contributed by atoms with E-state index in [1.807, 2.05) is 60.7 Å². The molecular formula is C34H36N4O8. The van der Waals surface area contributed by atoms with Crippen molar-refractivity contribution >= 4 is 45.3 Å². The van der Waals surface area contributed by atoms with E-state index in [1.165, 1.54) is 6.20 Å². The summed E-state index contributed by atoms with van der Waals surface area (Å²) in [5.74, 6) is -1.05. The lowest BCUT2D eigenvalue weighted by atomic mass is 10.1. The number of aliphatic carboxylic acids is 2. The van der Waals surface area contributed by atoms with E-state index in [0.29, 0.717) is 29.7 Å². The molecule has 46 heavy (non-hydrogen) atoms. The van der Waals surface area contributed by atoms with Gasteiger partial charge in [0.25, 0.3) is 0 Å². The van der Waals surface area contributed by atoms with Crippen molar-refractivity contribution in [2.45, 2.75) is 26.4 Å². The van der Waals surface area contributed by atoms with E-state index in [-0.39, 0.29) is 6.61 Å². The highest BCUT2D eigenvalue weighted by Crippen LogP contribution is 2.33. The molecule has 0 bridgehead atoms. The van der Waals surface area contributed by atoms with Crippen LogP contribution < -0.4 is 20.1 Å². The Labute approximate surface area is 265 Å². The lowest BCUT2D eigenvalue weighted by Crippen LogP contribution is -2.37. The van der Waals surface area contributed by atoms with Gasteiger partial charge in [0.05, 0.1) is 11.1 Å². The Morgan fingerprint density at radius 2 is 1.59 bits per heavy atom. The third-order valence-corrected chi connectivity index (χ3v) is 6.69. The number of benzene rings is 3. The fourth-order valence-electron chi connectivity index (χ4n) is 4.77. The predicted octanol–water partition coefficient (Wildman–Crippen LogP) is 5.06. The van der Waals surface area contributed by atoms with Crippen molar-refractivity contribution in [3.8, 4) is 17.4 Å². The van der Waals surface area contributed by atoms with Crippen LogP contribution in [-0.4, -0.2) is 68.9 Å². The molecule has 0 aliphatic carbocycles. The fraction of sp³-hybridized carbons (Fsp3) is 0.235. The molecular weight excluding hydrogens is 592 g/mol. The zero-order valence-corrected chi connectivity index (χ0v) is 25.4. The normalized spacial score (nSPS) is 11.5. The number of hydrogen-bond donors (Lipinski definition) is 5. The number of ether oxygens (including phenoxy) is 2. The number of carboxylic acids is 2. The second-order valence-electron chi connectivity index (χ2n) is 10.9. The number of H-pyrrole nitrogens is 1. The summed E-state index contributed by atoms with van der Waals surface area (Å²) in [5.41, 5.74) is 8.61. The Bertz CT molecular complexity index is 1770. The molecule has 0 aliphatic heterocycles. The van der Waals surface area contributed by atoms with E-state index in [4.69, 9.17) is 25.4 Å². The number of fused-ring (bicyclic) bond motifs is 3. The zero-order chi connectivity index (χ0) is 33.2. The summed E-state index contributed by atoms with van der Waals surface area (Å²) < 4.78 is 11.9. The van der Waals surface area contributed by atoms with Gasteiger partial charge in [0.1, 0.15) is 30.6 Å². The van der Waals surface area contributed by atoms with Crippen molar-refractivity contribution in [3.05, 3.63) is 90.6 Å². The Morgan fingerprint density at radius 3 is 2.20 bits per heavy atom. The molecule has 240 valence electrons. The van der Waals surface area contributed by atoms with Crippen molar-refractivity contribution in [2.75, 3.05) is 24.6 Å². The van der Waals surface area contributed by atoms with Crippen LogP contribution in [0.25, 0.3) is 21.8 Å². The number of rotatable bonds is 13. The molecule has 6 N–H and O–H groups in total. The van der Waals surface area contributed by atoms with Gasteiger partial charge in [-0.1, -0.05) is 38.1 Å². The quantitative estimate of drug-likeness (QED) is 0.110. The fourth-order valence-corrected chi connectivity index (χ4v) is 4.77. The number of aromatic nitrogens is 2. The highest BCUT2D eigenvalue weighted by Gasteiger charge is 2.17. The molecule has 1 amide bonds. The van der Waals surface area contributed by atoms with E-state index < -0.39 is 30.4 Å². The van der Waals surface area contributed by atoms with E-state index >= 15 is 0 Å². The number of anilines is 1. The minimum Gasteiger partial charge on any atom is -0.490 e. The lowest BCUT2D eigenvalue weighted by molar-refractivity contribution is -0.147. The van der Waals surface area contributed by atoms with E-state index in [2.05, 4.69) is 34.8 Å². The largest absolute Gasteiger partial charge is 0.490 e. The molecule has 1 atom stereocenters. The first kappa shape index (κ1) is 33.3. The van der Waals surface area contributed by atoms with Crippen molar-refractivity contribution in [3.63, 3.8) is 0 Å². The molecule has 12 nitrogen and oxygen atoms in total. The number of hydrogen-bond acceptors (Lipinski definition) is 8. The number of nitrogens with zero attached hydrogens (tertiary/aromatic N) is 2. The number of nitrogens with one attached hydrogen (secondary N) is 1. The standard InChI is InChI=1S/C31H32N4O4.C3H4O4/c1-20(2)17-35(22-11-13-24(14-12-22)39-29-15-10-21(16-33-29)31(32)37)18-23(36)19-38-28-9-5-8-27-30(28)25-6-3-4-7-26(25)34-27;4-2(5)1-3(6)7/h3-16,20,23,34,36H,17-19H2,1-2H3,(H2,32,37);1H2,(H,4,5)(H,6,7)/t23-;/m0./s1. The maximum Gasteiger partial charge on any atom is 0.314 e. The van der Waals surface area contributed by atoms with Crippen LogP contribution in [0.2, 0.25) is 0 Å². The molecule has 5 rings (SSSR count). The minimum absolute atomic E-state index is 0.168. The van der Waals surface area contributed by atoms with Gasteiger partial charge < -0.3 is 40.4 Å². The summed E-state index contributed by atoms with van der Waals surface area (Å²) >= 11 is 0. The summed E-state index contributed by atoms with van der Waals surface area (Å²) in [6.07, 6.45) is -0.119. The van der Waals surface area contributed by atoms with Crippen LogP contribution in [0.4, 0.5) is 5.69 Å². The molecule has 0 saturated heterocycles. The molecule has 0 radical (unpaired) electrons. The third-order valence-electron chi connectivity index (χ3n) is 6.69. The number of carbonyl (C=O) groups excluding carboxylic acids is 1. The summed E-state index contributed by atoms with van der Waals surface area (Å²) in [6, 6.07) is 24.9. The Morgan fingerprint density at radius 1 is 0.891 bits per heavy atom. The van der Waals surface area contributed by atoms with Crippen LogP contribution in [-0.2, 0) is 9.59 Å². The molecule has 3 aromatic carbocycles. The smallest absolute Gasteiger partial charge is 0.314 e. The Hall–Kier alpha value is -5.62. The number of aromatic amines is 1. The van der Waals surface area contributed by atoms with E-state index in [1.54, 1.807) is 12.1 Å². The average Bonchev–Trinajstić information content (AvgIpc) is 3.39. The molecule has 0 aliphatic rings. The van der Waals surface area contributed by atoms with Gasteiger partial charge in [-0.25, -0.2) is 4.98 Å². The summed E-state index contributed by atoms with van der Waals surface area (Å²) in [6.45, 7) is 5.64. The molecule has 0 unspecified atom stereocenters. The van der Waals surface area contributed by atoms with Crippen LogP contribution in [0.3, 0.4) is 0 Å². The number of nitrogens with two attached hydrogens (primary N) is 1. The van der Waals surface area contributed by atoms with Crippen molar-refractivity contribution in [1.82, 2.24) is 9.97 Å². The molecule has 0 spiro atoms. The van der Waals surface area contributed by atoms with Crippen molar-refractivity contribution in [1.29, 1.82) is 0 Å². The Balaban J connectivity index is 0.000000617. The molecule has 0 fully saturated rings. The molecule has 0 saturated carbocycles. The topological polar surface area (TPSA) is 188 Å². The van der Waals surface area contributed by atoms with Gasteiger partial charge in [-0.15, -0.1) is 0 Å². The first-order valence-electron chi connectivity index (χ1n) is 14.5. The number of carboxylic acid groups (broad SMARTS) is 2. The van der Waals surface area contributed by atoms with E-state index in [9.17, 15) is 19.5 Å². The predicted molar refractivity (Wildman–Crippen MR) is 174 cm³/mol. The van der Waals surface area contributed by atoms with Crippen molar-refractivity contribution < 1.29 is 39.2 Å². The van der Waals surface area contributed by atoms with Gasteiger partial charge in [-0.3, -0.25) is 14.4 Å². The highest BCUT2D eigenvalue weighted by molar-refractivity contribution is 6.10. The first-order chi connectivity index (χ1) is 22.0. The molecule has 2 aromatic heterocycles.